The van der Waals surface area contributed by atoms with Crippen molar-refractivity contribution in [2.45, 2.75) is 32.1 Å². The molecule has 2 rings (SSSR count). The van der Waals surface area contributed by atoms with E-state index in [1.165, 1.54) is 24.3 Å². The summed E-state index contributed by atoms with van der Waals surface area (Å²) in [7, 11) is -3.92. The quantitative estimate of drug-likeness (QED) is 0.851. The third-order valence-electron chi connectivity index (χ3n) is 3.50. The number of nitrogens with one attached hydrogen (secondary N) is 1. The second kappa shape index (κ2) is 6.83. The lowest BCUT2D eigenvalue weighted by Gasteiger charge is -2.11. The molecule has 2 aromatic carbocycles. The molecular formula is C17H19NO4S. The van der Waals surface area contributed by atoms with Gasteiger partial charge in [0.05, 0.1) is 0 Å². The van der Waals surface area contributed by atoms with Crippen LogP contribution in [0.15, 0.2) is 47.4 Å². The molecule has 2 aromatic rings. The number of hydrogen-bond acceptors (Lipinski definition) is 4. The van der Waals surface area contributed by atoms with E-state index in [-0.39, 0.29) is 10.8 Å². The predicted octanol–water partition coefficient (Wildman–Crippen LogP) is 3.42. The zero-order valence-corrected chi connectivity index (χ0v) is 14.1. The number of amides is 1. The van der Waals surface area contributed by atoms with Crippen molar-refractivity contribution in [1.82, 2.24) is 0 Å². The molecule has 0 spiro atoms. The highest BCUT2D eigenvalue weighted by molar-refractivity contribution is 7.87. The number of rotatable bonds is 5. The SMILES string of the molecule is CCC(=O)Nc1ccc(S(=O)(=O)Oc2cccc(C)c2C)cc1. The smallest absolute Gasteiger partial charge is 0.339 e. The largest absolute Gasteiger partial charge is 0.379 e. The second-order valence-electron chi connectivity index (χ2n) is 5.16. The molecule has 0 saturated heterocycles. The van der Waals surface area contributed by atoms with E-state index in [0.717, 1.165) is 11.1 Å². The first-order valence-electron chi connectivity index (χ1n) is 7.24. The van der Waals surface area contributed by atoms with E-state index in [9.17, 15) is 13.2 Å². The van der Waals surface area contributed by atoms with Gasteiger partial charge in [0.1, 0.15) is 10.6 Å². The van der Waals surface area contributed by atoms with Crippen molar-refractivity contribution in [2.75, 3.05) is 5.32 Å². The fourth-order valence-corrected chi connectivity index (χ4v) is 2.92. The summed E-state index contributed by atoms with van der Waals surface area (Å²) in [5.74, 6) is 0.181. The Balaban J connectivity index is 2.23. The van der Waals surface area contributed by atoms with Crippen LogP contribution in [0.3, 0.4) is 0 Å². The van der Waals surface area contributed by atoms with Gasteiger partial charge in [-0.1, -0.05) is 19.1 Å². The summed E-state index contributed by atoms with van der Waals surface area (Å²) in [6.07, 6.45) is 0.357. The second-order valence-corrected chi connectivity index (χ2v) is 6.71. The molecule has 122 valence electrons. The molecule has 6 heteroatoms. The Morgan fingerprint density at radius 3 is 2.35 bits per heavy atom. The van der Waals surface area contributed by atoms with Gasteiger partial charge >= 0.3 is 10.1 Å². The van der Waals surface area contributed by atoms with Crippen LogP contribution in [0.25, 0.3) is 0 Å². The third kappa shape index (κ3) is 4.10. The maximum atomic E-state index is 12.3. The van der Waals surface area contributed by atoms with E-state index in [2.05, 4.69) is 5.32 Å². The Morgan fingerprint density at radius 2 is 1.74 bits per heavy atom. The third-order valence-corrected chi connectivity index (χ3v) is 4.75. The topological polar surface area (TPSA) is 72.5 Å². The van der Waals surface area contributed by atoms with Gasteiger partial charge in [0.15, 0.2) is 0 Å². The molecule has 0 aliphatic heterocycles. The van der Waals surface area contributed by atoms with Gasteiger partial charge in [-0.25, -0.2) is 0 Å². The minimum absolute atomic E-state index is 0.0351. The average Bonchev–Trinajstić information content (AvgIpc) is 2.52. The van der Waals surface area contributed by atoms with E-state index >= 15 is 0 Å². The van der Waals surface area contributed by atoms with E-state index < -0.39 is 10.1 Å². The van der Waals surface area contributed by atoms with Crippen LogP contribution in [-0.2, 0) is 14.9 Å². The van der Waals surface area contributed by atoms with Crippen LogP contribution in [0.1, 0.15) is 24.5 Å². The molecule has 0 bridgehead atoms. The molecular weight excluding hydrogens is 314 g/mol. The molecule has 0 aliphatic rings. The van der Waals surface area contributed by atoms with E-state index in [1.54, 1.807) is 19.1 Å². The van der Waals surface area contributed by atoms with Gasteiger partial charge in [-0.3, -0.25) is 4.79 Å². The van der Waals surface area contributed by atoms with Crippen LogP contribution < -0.4 is 9.50 Å². The zero-order chi connectivity index (χ0) is 17.0. The van der Waals surface area contributed by atoms with Gasteiger partial charge in [-0.05, 0) is 55.3 Å². The summed E-state index contributed by atoms with van der Waals surface area (Å²) < 4.78 is 29.9. The van der Waals surface area contributed by atoms with E-state index in [1.807, 2.05) is 19.9 Å². The van der Waals surface area contributed by atoms with Crippen molar-refractivity contribution >= 4 is 21.7 Å². The summed E-state index contributed by atoms with van der Waals surface area (Å²) in [5, 5.41) is 2.66. The molecule has 0 aromatic heterocycles. The molecule has 1 amide bonds. The lowest BCUT2D eigenvalue weighted by molar-refractivity contribution is -0.115. The molecule has 5 nitrogen and oxygen atoms in total. The average molecular weight is 333 g/mol. The van der Waals surface area contributed by atoms with Crippen molar-refractivity contribution in [1.29, 1.82) is 0 Å². The Hall–Kier alpha value is -2.34. The predicted molar refractivity (Wildman–Crippen MR) is 89.1 cm³/mol. The zero-order valence-electron chi connectivity index (χ0n) is 13.3. The van der Waals surface area contributed by atoms with E-state index in [4.69, 9.17) is 4.18 Å². The van der Waals surface area contributed by atoms with Crippen LogP contribution in [0.2, 0.25) is 0 Å². The van der Waals surface area contributed by atoms with Crippen molar-refractivity contribution in [2.24, 2.45) is 0 Å². The molecule has 0 radical (unpaired) electrons. The number of carbonyl (C=O) groups is 1. The summed E-state index contributed by atoms with van der Waals surface area (Å²) >= 11 is 0. The maximum absolute atomic E-state index is 12.3. The fraction of sp³-hybridized carbons (Fsp3) is 0.235. The molecule has 23 heavy (non-hydrogen) atoms. The van der Waals surface area contributed by atoms with Gasteiger partial charge in [0.2, 0.25) is 5.91 Å². The van der Waals surface area contributed by atoms with Crippen LogP contribution in [0, 0.1) is 13.8 Å². The van der Waals surface area contributed by atoms with Crippen molar-refractivity contribution in [3.05, 3.63) is 53.6 Å². The summed E-state index contributed by atoms with van der Waals surface area (Å²) in [6.45, 7) is 5.44. The minimum atomic E-state index is -3.92. The maximum Gasteiger partial charge on any atom is 0.339 e. The first-order chi connectivity index (χ1) is 10.8. The molecule has 0 unspecified atom stereocenters. The fourth-order valence-electron chi connectivity index (χ4n) is 1.94. The highest BCUT2D eigenvalue weighted by atomic mass is 32.2. The Morgan fingerprint density at radius 1 is 1.09 bits per heavy atom. The van der Waals surface area contributed by atoms with Crippen molar-refractivity contribution < 1.29 is 17.4 Å². The first-order valence-corrected chi connectivity index (χ1v) is 8.65. The van der Waals surface area contributed by atoms with Crippen LogP contribution in [-0.4, -0.2) is 14.3 Å². The molecule has 0 heterocycles. The van der Waals surface area contributed by atoms with Crippen LogP contribution in [0.5, 0.6) is 5.75 Å². The van der Waals surface area contributed by atoms with Gasteiger partial charge < -0.3 is 9.50 Å². The van der Waals surface area contributed by atoms with E-state index in [0.29, 0.717) is 17.9 Å². The number of carbonyl (C=O) groups excluding carboxylic acids is 1. The molecule has 1 N–H and O–H groups in total. The summed E-state index contributed by atoms with van der Waals surface area (Å²) in [6, 6.07) is 11.1. The highest BCUT2D eigenvalue weighted by Crippen LogP contribution is 2.25. The van der Waals surface area contributed by atoms with Crippen molar-refractivity contribution in [3.63, 3.8) is 0 Å². The minimum Gasteiger partial charge on any atom is -0.379 e. The number of anilines is 1. The molecule has 0 saturated carbocycles. The van der Waals surface area contributed by atoms with Gasteiger partial charge in [0, 0.05) is 12.1 Å². The molecule has 0 fully saturated rings. The standard InChI is InChI=1S/C17H19NO4S/c1-4-17(19)18-14-8-10-15(11-9-14)23(20,21)22-16-7-5-6-12(2)13(16)3/h5-11H,4H2,1-3H3,(H,18,19). The van der Waals surface area contributed by atoms with Crippen LogP contribution in [0.4, 0.5) is 5.69 Å². The highest BCUT2D eigenvalue weighted by Gasteiger charge is 2.18. The lowest BCUT2D eigenvalue weighted by Crippen LogP contribution is -2.12. The van der Waals surface area contributed by atoms with Gasteiger partial charge in [-0.2, -0.15) is 8.42 Å². The molecule has 0 aliphatic carbocycles. The Labute approximate surface area is 136 Å². The Kier molecular flexibility index (Phi) is 5.05. The number of aryl methyl sites for hydroxylation is 1. The summed E-state index contributed by atoms with van der Waals surface area (Å²) in [5.41, 5.74) is 2.28. The number of hydrogen-bond donors (Lipinski definition) is 1. The van der Waals surface area contributed by atoms with Crippen molar-refractivity contribution in [3.8, 4) is 5.75 Å². The van der Waals surface area contributed by atoms with Gasteiger partial charge in [0.25, 0.3) is 0 Å². The lowest BCUT2D eigenvalue weighted by atomic mass is 10.1. The van der Waals surface area contributed by atoms with Crippen LogP contribution >= 0.6 is 0 Å². The monoisotopic (exact) mass is 333 g/mol. The Bertz CT molecular complexity index is 811. The first kappa shape index (κ1) is 17.0. The normalized spacial score (nSPS) is 11.1. The number of benzene rings is 2. The molecule has 0 atom stereocenters. The van der Waals surface area contributed by atoms with Gasteiger partial charge in [-0.15, -0.1) is 0 Å². The summed E-state index contributed by atoms with van der Waals surface area (Å²) in [4.78, 5) is 11.4.